The van der Waals surface area contributed by atoms with Crippen LogP contribution in [0.3, 0.4) is 0 Å². The molecule has 1 aromatic heterocycles. The average molecular weight is 400 g/mol. The first-order valence-corrected chi connectivity index (χ1v) is 9.54. The van der Waals surface area contributed by atoms with Gasteiger partial charge in [0.05, 0.1) is 16.9 Å². The van der Waals surface area contributed by atoms with Crippen molar-refractivity contribution in [2.24, 2.45) is 0 Å². The molecule has 1 fully saturated rings. The summed E-state index contributed by atoms with van der Waals surface area (Å²) in [5, 5.41) is 14.5. The maximum absolute atomic E-state index is 13.0. The summed E-state index contributed by atoms with van der Waals surface area (Å²) >= 11 is 0. The number of H-pyrrole nitrogens is 1. The number of aromatic nitrogens is 4. The first-order valence-electron chi connectivity index (χ1n) is 9.54. The van der Waals surface area contributed by atoms with Crippen LogP contribution in [-0.4, -0.2) is 39.8 Å². The zero-order valence-corrected chi connectivity index (χ0v) is 15.5. The van der Waals surface area contributed by atoms with Crippen molar-refractivity contribution < 1.29 is 13.2 Å². The summed E-state index contributed by atoms with van der Waals surface area (Å²) in [5.41, 5.74) is 2.24. The van der Waals surface area contributed by atoms with E-state index >= 15 is 0 Å². The highest BCUT2D eigenvalue weighted by molar-refractivity contribution is 5.80. The quantitative estimate of drug-likeness (QED) is 0.701. The molecule has 2 aliphatic rings. The fourth-order valence-corrected chi connectivity index (χ4v) is 4.44. The smallest absolute Gasteiger partial charge is 0.365 e. The Labute approximate surface area is 165 Å². The largest absolute Gasteiger partial charge is 0.416 e. The molecule has 2 aromatic carbocycles. The Morgan fingerprint density at radius 1 is 1.00 bits per heavy atom. The number of hydrogen-bond acceptors (Lipinski definition) is 5. The summed E-state index contributed by atoms with van der Waals surface area (Å²) in [4.78, 5) is 4.50. The Bertz CT molecular complexity index is 986. The lowest BCUT2D eigenvalue weighted by Gasteiger charge is -2.48. The van der Waals surface area contributed by atoms with Gasteiger partial charge in [0, 0.05) is 30.7 Å². The summed E-state index contributed by atoms with van der Waals surface area (Å²) in [6, 6.07) is 13.7. The van der Waals surface area contributed by atoms with E-state index in [0.717, 1.165) is 54.4 Å². The van der Waals surface area contributed by atoms with Gasteiger partial charge in [0.25, 0.3) is 0 Å². The molecule has 2 aliphatic heterocycles. The molecule has 0 amide bonds. The SMILES string of the molecule is FC(F)(F)c1ccc(N2C[C@@H]3C[C@H](c4nn[nH]n4)CCN3c3ccccc32)cc1. The third kappa shape index (κ3) is 3.20. The second-order valence-electron chi connectivity index (χ2n) is 7.48. The molecule has 3 heterocycles. The molecule has 1 N–H and O–H groups in total. The molecule has 2 atom stereocenters. The van der Waals surface area contributed by atoms with Crippen LogP contribution in [0.15, 0.2) is 48.5 Å². The third-order valence-corrected chi connectivity index (χ3v) is 5.82. The van der Waals surface area contributed by atoms with E-state index in [1.54, 1.807) is 12.1 Å². The van der Waals surface area contributed by atoms with E-state index < -0.39 is 11.7 Å². The fourth-order valence-electron chi connectivity index (χ4n) is 4.44. The van der Waals surface area contributed by atoms with E-state index in [0.29, 0.717) is 6.54 Å². The van der Waals surface area contributed by atoms with Crippen molar-refractivity contribution >= 4 is 17.1 Å². The molecule has 3 aromatic rings. The van der Waals surface area contributed by atoms with Crippen molar-refractivity contribution in [2.45, 2.75) is 31.0 Å². The summed E-state index contributed by atoms with van der Waals surface area (Å²) in [7, 11) is 0. The Morgan fingerprint density at radius 2 is 1.76 bits per heavy atom. The van der Waals surface area contributed by atoms with Crippen LogP contribution >= 0.6 is 0 Å². The molecule has 0 bridgehead atoms. The molecule has 150 valence electrons. The van der Waals surface area contributed by atoms with Gasteiger partial charge in [0.2, 0.25) is 0 Å². The maximum Gasteiger partial charge on any atom is 0.416 e. The highest BCUT2D eigenvalue weighted by Gasteiger charge is 2.38. The molecule has 0 aliphatic carbocycles. The number of aromatic amines is 1. The predicted molar refractivity (Wildman–Crippen MR) is 102 cm³/mol. The lowest BCUT2D eigenvalue weighted by Crippen LogP contribution is -2.51. The summed E-state index contributed by atoms with van der Waals surface area (Å²) in [6.45, 7) is 1.57. The molecule has 0 unspecified atom stereocenters. The van der Waals surface area contributed by atoms with Gasteiger partial charge in [-0.2, -0.15) is 18.4 Å². The zero-order valence-electron chi connectivity index (χ0n) is 15.5. The molecular weight excluding hydrogens is 381 g/mol. The number of hydrogen-bond donors (Lipinski definition) is 1. The summed E-state index contributed by atoms with van der Waals surface area (Å²) in [6.07, 6.45) is -2.54. The van der Waals surface area contributed by atoms with Crippen molar-refractivity contribution in [1.82, 2.24) is 20.6 Å². The van der Waals surface area contributed by atoms with E-state index in [-0.39, 0.29) is 12.0 Å². The van der Waals surface area contributed by atoms with Gasteiger partial charge in [0.1, 0.15) is 0 Å². The van der Waals surface area contributed by atoms with E-state index in [9.17, 15) is 13.2 Å². The van der Waals surface area contributed by atoms with Crippen LogP contribution in [0.1, 0.15) is 30.1 Å². The lowest BCUT2D eigenvalue weighted by molar-refractivity contribution is -0.137. The first kappa shape index (κ1) is 18.0. The number of fused-ring (bicyclic) bond motifs is 3. The number of halogens is 3. The highest BCUT2D eigenvalue weighted by atomic mass is 19.4. The maximum atomic E-state index is 13.0. The number of rotatable bonds is 2. The van der Waals surface area contributed by atoms with Crippen molar-refractivity contribution in [2.75, 3.05) is 22.9 Å². The van der Waals surface area contributed by atoms with Gasteiger partial charge in [-0.15, -0.1) is 10.2 Å². The van der Waals surface area contributed by atoms with E-state index in [1.165, 1.54) is 0 Å². The first-order chi connectivity index (χ1) is 14.0. The molecule has 5 rings (SSSR count). The average Bonchev–Trinajstić information content (AvgIpc) is 3.27. The normalized spacial score (nSPS) is 21.6. The van der Waals surface area contributed by atoms with Crippen LogP contribution < -0.4 is 9.80 Å². The van der Waals surface area contributed by atoms with E-state index in [1.807, 2.05) is 18.2 Å². The van der Waals surface area contributed by atoms with Gasteiger partial charge in [-0.1, -0.05) is 17.3 Å². The minimum Gasteiger partial charge on any atom is -0.365 e. The Hall–Kier alpha value is -3.10. The minimum atomic E-state index is -4.34. The Balaban J connectivity index is 1.48. The van der Waals surface area contributed by atoms with Gasteiger partial charge in [-0.05, 0) is 49.2 Å². The number of benzene rings is 2. The summed E-state index contributed by atoms with van der Waals surface area (Å²) in [5.74, 6) is 0.944. The number of anilines is 3. The highest BCUT2D eigenvalue weighted by Crippen LogP contribution is 2.44. The molecule has 0 spiro atoms. The molecule has 9 heteroatoms. The predicted octanol–water partition coefficient (Wildman–Crippen LogP) is 4.12. The summed E-state index contributed by atoms with van der Waals surface area (Å²) < 4.78 is 38.9. The second kappa shape index (κ2) is 6.75. The van der Waals surface area contributed by atoms with Crippen LogP contribution in [0.5, 0.6) is 0 Å². The van der Waals surface area contributed by atoms with Crippen LogP contribution in [-0.2, 0) is 6.18 Å². The molecular formula is C20H19F3N6. The number of nitrogens with one attached hydrogen (secondary N) is 1. The third-order valence-electron chi connectivity index (χ3n) is 5.82. The van der Waals surface area contributed by atoms with Crippen molar-refractivity contribution in [3.8, 4) is 0 Å². The monoisotopic (exact) mass is 400 g/mol. The van der Waals surface area contributed by atoms with E-state index in [4.69, 9.17) is 0 Å². The zero-order chi connectivity index (χ0) is 20.0. The molecule has 1 saturated heterocycles. The van der Waals surface area contributed by atoms with Crippen LogP contribution in [0, 0.1) is 0 Å². The number of nitrogens with zero attached hydrogens (tertiary/aromatic N) is 5. The van der Waals surface area contributed by atoms with Gasteiger partial charge >= 0.3 is 6.18 Å². The number of tetrazole rings is 1. The standard InChI is InChI=1S/C20H19F3N6/c21-20(22,23)14-5-7-15(8-6-14)29-12-16-11-13(19-24-26-27-25-19)9-10-28(16)17-3-1-2-4-18(17)29/h1-8,13,16H,9-12H2,(H,24,25,26,27)/t13-,16+/m1/s1. The minimum absolute atomic E-state index is 0.212. The molecule has 29 heavy (non-hydrogen) atoms. The topological polar surface area (TPSA) is 60.9 Å². The van der Waals surface area contributed by atoms with Gasteiger partial charge < -0.3 is 9.80 Å². The van der Waals surface area contributed by atoms with Crippen LogP contribution in [0.2, 0.25) is 0 Å². The Kier molecular flexibility index (Phi) is 4.18. The van der Waals surface area contributed by atoms with Crippen molar-refractivity contribution in [1.29, 1.82) is 0 Å². The second-order valence-corrected chi connectivity index (χ2v) is 7.48. The Morgan fingerprint density at radius 3 is 2.45 bits per heavy atom. The fraction of sp³-hybridized carbons (Fsp3) is 0.350. The molecule has 6 nitrogen and oxygen atoms in total. The van der Waals surface area contributed by atoms with Crippen LogP contribution in [0.25, 0.3) is 0 Å². The van der Waals surface area contributed by atoms with Gasteiger partial charge in [-0.25, -0.2) is 0 Å². The van der Waals surface area contributed by atoms with Crippen molar-refractivity contribution in [3.05, 3.63) is 59.9 Å². The number of alkyl halides is 3. The molecule has 0 saturated carbocycles. The number of piperidine rings is 1. The van der Waals surface area contributed by atoms with Gasteiger partial charge in [-0.3, -0.25) is 0 Å². The van der Waals surface area contributed by atoms with Crippen molar-refractivity contribution in [3.63, 3.8) is 0 Å². The van der Waals surface area contributed by atoms with Crippen LogP contribution in [0.4, 0.5) is 30.2 Å². The lowest BCUT2D eigenvalue weighted by atomic mass is 9.87. The van der Waals surface area contributed by atoms with E-state index in [2.05, 4.69) is 36.5 Å². The molecule has 0 radical (unpaired) electrons. The number of para-hydroxylation sites is 2. The van der Waals surface area contributed by atoms with Gasteiger partial charge in [0.15, 0.2) is 5.82 Å².